The van der Waals surface area contributed by atoms with E-state index in [-0.39, 0.29) is 17.1 Å². The van der Waals surface area contributed by atoms with Gasteiger partial charge in [0.2, 0.25) is 5.88 Å². The molecule has 0 saturated carbocycles. The predicted octanol–water partition coefficient (Wildman–Crippen LogP) is 1.04. The molecule has 2 heterocycles. The van der Waals surface area contributed by atoms with E-state index in [2.05, 4.69) is 9.97 Å². The molecule has 5 nitrogen and oxygen atoms in total. The van der Waals surface area contributed by atoms with E-state index in [1.807, 2.05) is 17.5 Å². The minimum absolute atomic E-state index is 0.0219. The van der Waals surface area contributed by atoms with Crippen LogP contribution in [0.1, 0.15) is 4.88 Å². The number of nitrogens with zero attached hydrogens (tertiary/aromatic N) is 1. The van der Waals surface area contributed by atoms with Gasteiger partial charge in [0.1, 0.15) is 0 Å². The lowest BCUT2D eigenvalue weighted by atomic mass is 10.4. The van der Waals surface area contributed by atoms with Gasteiger partial charge in [-0.25, -0.2) is 4.98 Å². The topological polar surface area (TPSA) is 81.0 Å². The van der Waals surface area contributed by atoms with Gasteiger partial charge in [0.05, 0.1) is 12.9 Å². The first-order valence-electron chi connectivity index (χ1n) is 4.75. The average Bonchev–Trinajstić information content (AvgIpc) is 2.77. The van der Waals surface area contributed by atoms with Gasteiger partial charge in [-0.1, -0.05) is 6.07 Å². The van der Waals surface area contributed by atoms with E-state index in [0.29, 0.717) is 6.61 Å². The lowest BCUT2D eigenvalue weighted by Crippen LogP contribution is -2.15. The maximum atomic E-state index is 11.1. The van der Waals surface area contributed by atoms with Gasteiger partial charge >= 0.3 is 0 Å². The summed E-state index contributed by atoms with van der Waals surface area (Å²) in [5.41, 5.74) is 5.16. The van der Waals surface area contributed by atoms with Crippen LogP contribution in [-0.2, 0) is 6.42 Å². The molecule has 2 rings (SSSR count). The summed E-state index contributed by atoms with van der Waals surface area (Å²) in [5, 5.41) is 2.01. The maximum absolute atomic E-state index is 11.1. The van der Waals surface area contributed by atoms with E-state index in [1.54, 1.807) is 11.3 Å². The largest absolute Gasteiger partial charge is 0.476 e. The van der Waals surface area contributed by atoms with Crippen LogP contribution in [0, 0.1) is 0 Å². The normalized spacial score (nSPS) is 10.2. The van der Waals surface area contributed by atoms with E-state index in [0.717, 1.165) is 6.42 Å². The van der Waals surface area contributed by atoms with E-state index in [9.17, 15) is 4.79 Å². The van der Waals surface area contributed by atoms with E-state index in [4.69, 9.17) is 10.5 Å². The molecule has 0 fully saturated rings. The summed E-state index contributed by atoms with van der Waals surface area (Å²) in [5.74, 6) is 0.195. The smallest absolute Gasteiger partial charge is 0.277 e. The number of nitrogen functional groups attached to an aromatic ring is 1. The number of anilines is 1. The second-order valence-electron chi connectivity index (χ2n) is 3.13. The summed E-state index contributed by atoms with van der Waals surface area (Å²) in [7, 11) is 0. The highest BCUT2D eigenvalue weighted by atomic mass is 32.1. The third-order valence-corrected chi connectivity index (χ3v) is 2.96. The van der Waals surface area contributed by atoms with Gasteiger partial charge < -0.3 is 15.5 Å². The molecule has 0 radical (unpaired) electrons. The van der Waals surface area contributed by atoms with Crippen molar-refractivity contribution in [2.75, 3.05) is 12.3 Å². The minimum atomic E-state index is -0.374. The molecule has 0 amide bonds. The Labute approximate surface area is 95.9 Å². The number of aromatic nitrogens is 2. The summed E-state index contributed by atoms with van der Waals surface area (Å²) in [6, 6.07) is 4.02. The molecule has 2 aromatic heterocycles. The first kappa shape index (κ1) is 10.7. The Morgan fingerprint density at radius 1 is 1.56 bits per heavy atom. The molecule has 0 bridgehead atoms. The second kappa shape index (κ2) is 4.80. The quantitative estimate of drug-likeness (QED) is 0.832. The van der Waals surface area contributed by atoms with Crippen molar-refractivity contribution in [2.24, 2.45) is 0 Å². The molecule has 0 aromatic carbocycles. The maximum Gasteiger partial charge on any atom is 0.277 e. The fraction of sp³-hybridized carbons (Fsp3) is 0.200. The fourth-order valence-electron chi connectivity index (χ4n) is 1.21. The predicted molar refractivity (Wildman–Crippen MR) is 62.8 cm³/mol. The third kappa shape index (κ3) is 2.40. The standard InChI is InChI=1S/C10H11N3O2S/c11-8-9(14)12-6-13-10(8)15-4-3-7-2-1-5-16-7/h1-2,5-6H,3-4,11H2,(H,12,13,14). The number of nitrogens with one attached hydrogen (secondary N) is 1. The van der Waals surface area contributed by atoms with Crippen molar-refractivity contribution in [2.45, 2.75) is 6.42 Å². The number of hydrogen-bond acceptors (Lipinski definition) is 5. The van der Waals surface area contributed by atoms with Crippen LogP contribution in [0.5, 0.6) is 5.88 Å². The summed E-state index contributed by atoms with van der Waals surface area (Å²) >= 11 is 1.67. The molecule has 0 aliphatic carbocycles. The van der Waals surface area contributed by atoms with Crippen LogP contribution in [0.3, 0.4) is 0 Å². The lowest BCUT2D eigenvalue weighted by molar-refractivity contribution is 0.311. The lowest BCUT2D eigenvalue weighted by Gasteiger charge is -2.05. The van der Waals surface area contributed by atoms with Crippen LogP contribution < -0.4 is 16.0 Å². The first-order chi connectivity index (χ1) is 7.77. The van der Waals surface area contributed by atoms with E-state index < -0.39 is 0 Å². The Hall–Kier alpha value is -1.82. The van der Waals surface area contributed by atoms with Crippen molar-refractivity contribution in [1.82, 2.24) is 9.97 Å². The summed E-state index contributed by atoms with van der Waals surface area (Å²) in [6.45, 7) is 0.459. The second-order valence-corrected chi connectivity index (χ2v) is 4.16. The van der Waals surface area contributed by atoms with Gasteiger partial charge in [-0.3, -0.25) is 4.79 Å². The van der Waals surface area contributed by atoms with Crippen molar-refractivity contribution in [3.05, 3.63) is 39.1 Å². The van der Waals surface area contributed by atoms with Gasteiger partial charge in [-0.05, 0) is 11.4 Å². The number of ether oxygens (including phenoxy) is 1. The molecule has 2 aromatic rings. The van der Waals surface area contributed by atoms with Gasteiger partial charge in [-0.2, -0.15) is 0 Å². The molecule has 0 spiro atoms. The molecule has 0 saturated heterocycles. The molecule has 0 aliphatic rings. The number of aromatic amines is 1. The summed E-state index contributed by atoms with van der Waals surface area (Å²) < 4.78 is 5.34. The molecule has 0 atom stereocenters. The summed E-state index contributed by atoms with van der Waals surface area (Å²) in [6.07, 6.45) is 2.06. The monoisotopic (exact) mass is 237 g/mol. The van der Waals surface area contributed by atoms with Gasteiger partial charge in [0.25, 0.3) is 5.56 Å². The third-order valence-electron chi connectivity index (χ3n) is 2.02. The Morgan fingerprint density at radius 3 is 3.19 bits per heavy atom. The van der Waals surface area contributed by atoms with E-state index in [1.165, 1.54) is 11.2 Å². The van der Waals surface area contributed by atoms with E-state index >= 15 is 0 Å². The molecule has 0 unspecified atom stereocenters. The SMILES string of the molecule is Nc1c(OCCc2cccs2)nc[nH]c1=O. The number of rotatable bonds is 4. The van der Waals surface area contributed by atoms with Crippen LogP contribution in [0.4, 0.5) is 5.69 Å². The highest BCUT2D eigenvalue weighted by molar-refractivity contribution is 7.09. The van der Waals surface area contributed by atoms with Crippen LogP contribution in [0.25, 0.3) is 0 Å². The van der Waals surface area contributed by atoms with Crippen LogP contribution in [0.15, 0.2) is 28.6 Å². The van der Waals surface area contributed by atoms with Crippen molar-refractivity contribution in [3.8, 4) is 5.88 Å². The zero-order valence-electron chi connectivity index (χ0n) is 8.47. The van der Waals surface area contributed by atoms with Gasteiger partial charge in [-0.15, -0.1) is 11.3 Å². The van der Waals surface area contributed by atoms with Crippen molar-refractivity contribution in [1.29, 1.82) is 0 Å². The van der Waals surface area contributed by atoms with Crippen molar-refractivity contribution < 1.29 is 4.74 Å². The van der Waals surface area contributed by atoms with Gasteiger partial charge in [0.15, 0.2) is 5.69 Å². The Bertz CT molecular complexity index is 507. The van der Waals surface area contributed by atoms with Crippen LogP contribution in [-0.4, -0.2) is 16.6 Å². The van der Waals surface area contributed by atoms with Crippen LogP contribution in [0.2, 0.25) is 0 Å². The average molecular weight is 237 g/mol. The highest BCUT2D eigenvalue weighted by Gasteiger charge is 2.05. The fourth-order valence-corrected chi connectivity index (χ4v) is 1.90. The highest BCUT2D eigenvalue weighted by Crippen LogP contribution is 2.13. The molecule has 3 N–H and O–H groups in total. The Morgan fingerprint density at radius 2 is 2.44 bits per heavy atom. The number of H-pyrrole nitrogens is 1. The van der Waals surface area contributed by atoms with Crippen LogP contribution >= 0.6 is 11.3 Å². The zero-order valence-corrected chi connectivity index (χ0v) is 9.29. The molecule has 0 aliphatic heterocycles. The Kier molecular flexibility index (Phi) is 3.21. The van der Waals surface area contributed by atoms with Crippen molar-refractivity contribution in [3.63, 3.8) is 0 Å². The molecular formula is C10H11N3O2S. The molecule has 6 heteroatoms. The number of hydrogen-bond donors (Lipinski definition) is 2. The first-order valence-corrected chi connectivity index (χ1v) is 5.63. The van der Waals surface area contributed by atoms with Gasteiger partial charge in [0, 0.05) is 11.3 Å². The minimum Gasteiger partial charge on any atom is -0.476 e. The molecule has 16 heavy (non-hydrogen) atoms. The zero-order chi connectivity index (χ0) is 11.4. The Balaban J connectivity index is 1.95. The number of nitrogens with two attached hydrogens (primary N) is 1. The van der Waals surface area contributed by atoms with Crippen molar-refractivity contribution >= 4 is 17.0 Å². The number of thiophene rings is 1. The summed E-state index contributed by atoms with van der Waals surface area (Å²) in [4.78, 5) is 18.6. The molecular weight excluding hydrogens is 226 g/mol. The molecule has 84 valence electrons.